The van der Waals surface area contributed by atoms with Crippen molar-refractivity contribution in [3.63, 3.8) is 0 Å². The first-order valence-electron chi connectivity index (χ1n) is 14.8. The SMILES string of the molecule is CCCCCc1ccc(-c2csc(N(Cc3ccc(C(=O)NCCC(=O)O)cc3)c3ccc(C(C)C)c(C)c3)n2)cc1. The molecule has 0 saturated heterocycles. The molecule has 3 aromatic carbocycles. The molecule has 0 aliphatic heterocycles. The Morgan fingerprint density at radius 3 is 2.33 bits per heavy atom. The second kappa shape index (κ2) is 14.8. The molecule has 0 bridgehead atoms. The van der Waals surface area contributed by atoms with Crippen LogP contribution in [0.1, 0.15) is 85.0 Å². The summed E-state index contributed by atoms with van der Waals surface area (Å²) < 4.78 is 0. The fraction of sp³-hybridized carbons (Fsp3) is 0.343. The number of benzene rings is 3. The minimum atomic E-state index is -0.938. The highest BCUT2D eigenvalue weighted by Gasteiger charge is 2.17. The third kappa shape index (κ3) is 8.29. The van der Waals surface area contributed by atoms with Crippen LogP contribution in [-0.4, -0.2) is 28.5 Å². The van der Waals surface area contributed by atoms with E-state index in [0.29, 0.717) is 18.0 Å². The number of hydrogen-bond acceptors (Lipinski definition) is 5. The standard InChI is InChI=1S/C35H41N3O3S/c1-5-6-7-8-26-9-13-28(14-10-26)32-23-42-35(37-32)38(30-17-18-31(24(2)3)25(4)21-30)22-27-11-15-29(16-12-27)34(41)36-20-19-33(39)40/h9-18,21,23-24H,5-8,19-20,22H2,1-4H3,(H,36,41)(H,39,40). The van der Waals surface area contributed by atoms with Crippen LogP contribution in [0.5, 0.6) is 0 Å². The number of anilines is 2. The molecule has 0 saturated carbocycles. The number of aryl methyl sites for hydroxylation is 2. The van der Waals surface area contributed by atoms with Crippen LogP contribution in [0.4, 0.5) is 10.8 Å². The van der Waals surface area contributed by atoms with Crippen molar-refractivity contribution < 1.29 is 14.7 Å². The van der Waals surface area contributed by atoms with Crippen molar-refractivity contribution in [2.24, 2.45) is 0 Å². The molecule has 2 N–H and O–H groups in total. The van der Waals surface area contributed by atoms with Gasteiger partial charge in [0, 0.05) is 28.7 Å². The Kier molecular flexibility index (Phi) is 10.9. The van der Waals surface area contributed by atoms with Gasteiger partial charge in [-0.05, 0) is 72.2 Å². The molecule has 42 heavy (non-hydrogen) atoms. The minimum Gasteiger partial charge on any atom is -0.481 e. The van der Waals surface area contributed by atoms with E-state index in [9.17, 15) is 9.59 Å². The molecular weight excluding hydrogens is 542 g/mol. The number of aromatic nitrogens is 1. The molecule has 4 rings (SSSR count). The molecule has 0 radical (unpaired) electrons. The minimum absolute atomic E-state index is 0.101. The highest BCUT2D eigenvalue weighted by atomic mass is 32.1. The van der Waals surface area contributed by atoms with Crippen molar-refractivity contribution in [3.05, 3.63) is 99.9 Å². The van der Waals surface area contributed by atoms with Crippen LogP contribution in [0.25, 0.3) is 11.3 Å². The Bertz CT molecular complexity index is 1480. The summed E-state index contributed by atoms with van der Waals surface area (Å²) in [5, 5.41) is 14.5. The number of nitrogens with one attached hydrogen (secondary N) is 1. The second-order valence-electron chi connectivity index (χ2n) is 11.0. The molecule has 0 aliphatic carbocycles. The quantitative estimate of drug-likeness (QED) is 0.145. The van der Waals surface area contributed by atoms with Crippen LogP contribution < -0.4 is 10.2 Å². The first-order chi connectivity index (χ1) is 20.2. The van der Waals surface area contributed by atoms with E-state index in [-0.39, 0.29) is 18.9 Å². The van der Waals surface area contributed by atoms with Crippen LogP contribution in [-0.2, 0) is 17.8 Å². The second-order valence-corrected chi connectivity index (χ2v) is 11.9. The molecule has 4 aromatic rings. The zero-order chi connectivity index (χ0) is 30.1. The molecule has 1 aromatic heterocycles. The zero-order valence-corrected chi connectivity index (χ0v) is 25.8. The Labute approximate surface area is 253 Å². The number of hydrogen-bond donors (Lipinski definition) is 2. The molecule has 6 nitrogen and oxygen atoms in total. The van der Waals surface area contributed by atoms with Crippen molar-refractivity contribution in [2.45, 2.75) is 72.3 Å². The maximum atomic E-state index is 12.4. The van der Waals surface area contributed by atoms with E-state index < -0.39 is 5.97 Å². The topological polar surface area (TPSA) is 82.5 Å². The van der Waals surface area contributed by atoms with E-state index in [4.69, 9.17) is 10.1 Å². The number of nitrogens with zero attached hydrogens (tertiary/aromatic N) is 2. The summed E-state index contributed by atoms with van der Waals surface area (Å²) in [6, 6.07) is 22.8. The van der Waals surface area contributed by atoms with Gasteiger partial charge < -0.3 is 15.3 Å². The number of amides is 1. The lowest BCUT2D eigenvalue weighted by Crippen LogP contribution is -2.26. The van der Waals surface area contributed by atoms with Crippen molar-refractivity contribution in [1.29, 1.82) is 0 Å². The fourth-order valence-electron chi connectivity index (χ4n) is 5.02. The summed E-state index contributed by atoms with van der Waals surface area (Å²) in [4.78, 5) is 30.5. The number of carbonyl (C=O) groups is 2. The summed E-state index contributed by atoms with van der Waals surface area (Å²) >= 11 is 1.63. The average Bonchev–Trinajstić information content (AvgIpc) is 3.46. The predicted octanol–water partition coefficient (Wildman–Crippen LogP) is 8.52. The zero-order valence-electron chi connectivity index (χ0n) is 25.0. The predicted molar refractivity (Wildman–Crippen MR) is 173 cm³/mol. The van der Waals surface area contributed by atoms with E-state index >= 15 is 0 Å². The largest absolute Gasteiger partial charge is 0.481 e. The van der Waals surface area contributed by atoms with Crippen LogP contribution >= 0.6 is 11.3 Å². The van der Waals surface area contributed by atoms with Gasteiger partial charge in [-0.3, -0.25) is 9.59 Å². The fourth-order valence-corrected chi connectivity index (χ4v) is 5.87. The molecule has 0 atom stereocenters. The van der Waals surface area contributed by atoms with Gasteiger partial charge in [0.25, 0.3) is 5.91 Å². The van der Waals surface area contributed by atoms with Gasteiger partial charge in [-0.25, -0.2) is 4.98 Å². The van der Waals surface area contributed by atoms with Crippen LogP contribution in [0.3, 0.4) is 0 Å². The van der Waals surface area contributed by atoms with Crippen LogP contribution in [0.15, 0.2) is 72.1 Å². The smallest absolute Gasteiger partial charge is 0.305 e. The molecule has 0 fully saturated rings. The van der Waals surface area contributed by atoms with Crippen molar-refractivity contribution >= 4 is 34.0 Å². The highest BCUT2D eigenvalue weighted by molar-refractivity contribution is 7.14. The third-order valence-corrected chi connectivity index (χ3v) is 8.27. The summed E-state index contributed by atoms with van der Waals surface area (Å²) in [6.45, 7) is 9.49. The van der Waals surface area contributed by atoms with Crippen LogP contribution in [0.2, 0.25) is 0 Å². The van der Waals surface area contributed by atoms with E-state index in [2.05, 4.69) is 85.8 Å². The van der Waals surface area contributed by atoms with E-state index in [0.717, 1.165) is 34.1 Å². The van der Waals surface area contributed by atoms with Crippen molar-refractivity contribution in [3.8, 4) is 11.3 Å². The number of aliphatic carboxylic acids is 1. The Morgan fingerprint density at radius 1 is 0.976 bits per heavy atom. The first kappa shape index (κ1) is 31.0. The van der Waals surface area contributed by atoms with Gasteiger partial charge in [0.2, 0.25) is 0 Å². The van der Waals surface area contributed by atoms with E-state index in [1.165, 1.54) is 36.0 Å². The maximum Gasteiger partial charge on any atom is 0.305 e. The summed E-state index contributed by atoms with van der Waals surface area (Å²) in [5.41, 5.74) is 8.62. The van der Waals surface area contributed by atoms with Gasteiger partial charge in [0.15, 0.2) is 5.13 Å². The summed E-state index contributed by atoms with van der Waals surface area (Å²) in [6.07, 6.45) is 4.71. The van der Waals surface area contributed by atoms with Gasteiger partial charge in [-0.1, -0.05) is 76.1 Å². The van der Waals surface area contributed by atoms with Gasteiger partial charge in [-0.2, -0.15) is 0 Å². The number of carbonyl (C=O) groups excluding carboxylic acids is 1. The number of carboxylic acid groups (broad SMARTS) is 1. The first-order valence-corrected chi connectivity index (χ1v) is 15.6. The van der Waals surface area contributed by atoms with Gasteiger partial charge >= 0.3 is 5.97 Å². The third-order valence-electron chi connectivity index (χ3n) is 7.41. The number of rotatable bonds is 14. The molecular formula is C35H41N3O3S. The summed E-state index contributed by atoms with van der Waals surface area (Å²) in [7, 11) is 0. The Balaban J connectivity index is 1.57. The number of unbranched alkanes of at least 4 members (excludes halogenated alkanes) is 2. The maximum absolute atomic E-state index is 12.4. The van der Waals surface area contributed by atoms with Crippen LogP contribution in [0, 0.1) is 6.92 Å². The van der Waals surface area contributed by atoms with Gasteiger partial charge in [0.1, 0.15) is 0 Å². The molecule has 1 amide bonds. The lowest BCUT2D eigenvalue weighted by Gasteiger charge is -2.24. The van der Waals surface area contributed by atoms with E-state index in [1.807, 2.05) is 12.1 Å². The molecule has 0 aliphatic rings. The lowest BCUT2D eigenvalue weighted by molar-refractivity contribution is -0.136. The highest BCUT2D eigenvalue weighted by Crippen LogP contribution is 2.35. The number of carboxylic acids is 1. The monoisotopic (exact) mass is 583 g/mol. The molecule has 1 heterocycles. The van der Waals surface area contributed by atoms with Gasteiger partial charge in [0.05, 0.1) is 18.7 Å². The molecule has 7 heteroatoms. The number of thiazole rings is 1. The van der Waals surface area contributed by atoms with E-state index in [1.54, 1.807) is 23.5 Å². The molecule has 220 valence electrons. The van der Waals surface area contributed by atoms with Gasteiger partial charge in [-0.15, -0.1) is 11.3 Å². The Hall–Kier alpha value is -3.97. The normalized spacial score (nSPS) is 11.1. The molecule has 0 spiro atoms. The van der Waals surface area contributed by atoms with Crippen molar-refractivity contribution in [1.82, 2.24) is 10.3 Å². The Morgan fingerprint density at radius 2 is 1.69 bits per heavy atom. The lowest BCUT2D eigenvalue weighted by atomic mass is 9.97. The summed E-state index contributed by atoms with van der Waals surface area (Å²) in [5.74, 6) is -0.772. The van der Waals surface area contributed by atoms with Crippen molar-refractivity contribution in [2.75, 3.05) is 11.4 Å². The molecule has 0 unspecified atom stereocenters. The average molecular weight is 584 g/mol.